The Morgan fingerprint density at radius 2 is 2.00 bits per heavy atom. The van der Waals surface area contributed by atoms with E-state index in [1.165, 1.54) is 6.08 Å². The van der Waals surface area contributed by atoms with Gasteiger partial charge in [0.05, 0.1) is 4.91 Å². The molecule has 4 rings (SSSR count). The summed E-state index contributed by atoms with van der Waals surface area (Å²) in [4.78, 5) is 35.4. The summed E-state index contributed by atoms with van der Waals surface area (Å²) in [6.07, 6.45) is 1.42. The van der Waals surface area contributed by atoms with Gasteiger partial charge >= 0.3 is 5.97 Å². The van der Waals surface area contributed by atoms with Gasteiger partial charge in [0.25, 0.3) is 11.1 Å². The zero-order chi connectivity index (χ0) is 18.3. The summed E-state index contributed by atoms with van der Waals surface area (Å²) >= 11 is 0.679. The molecule has 0 unspecified atom stereocenters. The predicted octanol–water partition coefficient (Wildman–Crippen LogP) is 2.80. The van der Waals surface area contributed by atoms with Crippen LogP contribution < -0.4 is 9.47 Å². The normalized spacial score (nSPS) is 17.4. The van der Waals surface area contributed by atoms with E-state index in [1.54, 1.807) is 24.3 Å². The molecule has 2 aliphatic heterocycles. The molecule has 1 aromatic carbocycles. The summed E-state index contributed by atoms with van der Waals surface area (Å²) in [5, 5.41) is 8.15. The molecular formula is C17H11NO7S. The van der Waals surface area contributed by atoms with E-state index in [4.69, 9.17) is 19.0 Å². The Hall–Kier alpha value is -3.20. The zero-order valence-corrected chi connectivity index (χ0v) is 13.9. The van der Waals surface area contributed by atoms with Crippen LogP contribution >= 0.6 is 11.8 Å². The number of imide groups is 1. The number of carboxylic acids is 1. The molecule has 2 aromatic rings. The minimum Gasteiger partial charge on any atom is -0.480 e. The Bertz CT molecular complexity index is 962. The first-order valence-corrected chi connectivity index (χ1v) is 8.30. The van der Waals surface area contributed by atoms with Gasteiger partial charge in [-0.25, -0.2) is 0 Å². The highest BCUT2D eigenvalue weighted by molar-refractivity contribution is 8.18. The average Bonchev–Trinajstić information content (AvgIpc) is 3.31. The summed E-state index contributed by atoms with van der Waals surface area (Å²) in [7, 11) is 0. The quantitative estimate of drug-likeness (QED) is 0.816. The van der Waals surface area contributed by atoms with Gasteiger partial charge in [-0.15, -0.1) is 0 Å². The fourth-order valence-corrected chi connectivity index (χ4v) is 3.35. The molecule has 0 bridgehead atoms. The molecule has 3 heterocycles. The van der Waals surface area contributed by atoms with Crippen molar-refractivity contribution in [3.8, 4) is 22.8 Å². The second kappa shape index (κ2) is 6.26. The van der Waals surface area contributed by atoms with E-state index in [0.29, 0.717) is 39.7 Å². The number of aliphatic carboxylic acids is 1. The number of hydrogen-bond donors (Lipinski definition) is 1. The van der Waals surface area contributed by atoms with Crippen molar-refractivity contribution in [3.63, 3.8) is 0 Å². The molecule has 1 fully saturated rings. The van der Waals surface area contributed by atoms with E-state index < -0.39 is 23.7 Å². The van der Waals surface area contributed by atoms with E-state index in [-0.39, 0.29) is 11.7 Å². The van der Waals surface area contributed by atoms with Crippen molar-refractivity contribution < 1.29 is 33.4 Å². The number of carbonyl (C=O) groups excluding carboxylic acids is 2. The van der Waals surface area contributed by atoms with Crippen LogP contribution in [-0.4, -0.2) is 40.5 Å². The van der Waals surface area contributed by atoms with Crippen LogP contribution in [-0.2, 0) is 9.59 Å². The van der Waals surface area contributed by atoms with E-state index in [2.05, 4.69) is 0 Å². The first kappa shape index (κ1) is 16.3. The van der Waals surface area contributed by atoms with Gasteiger partial charge in [0.2, 0.25) is 6.79 Å². The number of rotatable bonds is 4. The summed E-state index contributed by atoms with van der Waals surface area (Å²) in [6.45, 7) is -0.489. The van der Waals surface area contributed by atoms with Crippen molar-refractivity contribution in [1.82, 2.24) is 4.90 Å². The Kier molecular flexibility index (Phi) is 3.92. The van der Waals surface area contributed by atoms with E-state index in [1.807, 2.05) is 6.07 Å². The minimum atomic E-state index is -1.25. The van der Waals surface area contributed by atoms with Crippen LogP contribution in [0.15, 0.2) is 39.7 Å². The molecule has 1 saturated heterocycles. The molecule has 132 valence electrons. The Balaban J connectivity index is 1.57. The molecule has 0 saturated carbocycles. The van der Waals surface area contributed by atoms with Crippen molar-refractivity contribution in [2.45, 2.75) is 0 Å². The van der Waals surface area contributed by atoms with E-state index in [0.717, 1.165) is 5.56 Å². The number of carboxylic acid groups (broad SMARTS) is 1. The SMILES string of the molecule is O=C(O)CN1C(=O)S/C(=C/c2ccc(-c3ccc4c(c3)OCO4)o2)C1=O. The van der Waals surface area contributed by atoms with Gasteiger partial charge in [-0.3, -0.25) is 19.3 Å². The third-order valence-electron chi connectivity index (χ3n) is 3.72. The third-order valence-corrected chi connectivity index (χ3v) is 4.63. The number of ether oxygens (including phenoxy) is 2. The highest BCUT2D eigenvalue weighted by Gasteiger charge is 2.36. The zero-order valence-electron chi connectivity index (χ0n) is 13.1. The highest BCUT2D eigenvalue weighted by atomic mass is 32.2. The van der Waals surface area contributed by atoms with E-state index in [9.17, 15) is 14.4 Å². The number of amides is 2. The standard InChI is InChI=1S/C17H11NO7S/c19-15(20)7-18-16(21)14(26-17(18)22)6-10-2-4-11(25-10)9-1-3-12-13(5-9)24-8-23-12/h1-6H,7-8H2,(H,19,20)/b14-6+. The molecule has 1 N–H and O–H groups in total. The highest BCUT2D eigenvalue weighted by Crippen LogP contribution is 2.37. The van der Waals surface area contributed by atoms with Crippen LogP contribution in [0.5, 0.6) is 11.5 Å². The van der Waals surface area contributed by atoms with Crippen LogP contribution in [0, 0.1) is 0 Å². The lowest BCUT2D eigenvalue weighted by atomic mass is 10.1. The molecule has 8 nitrogen and oxygen atoms in total. The second-order valence-electron chi connectivity index (χ2n) is 5.43. The van der Waals surface area contributed by atoms with Crippen molar-refractivity contribution >= 4 is 35.0 Å². The molecular weight excluding hydrogens is 362 g/mol. The summed E-state index contributed by atoms with van der Waals surface area (Å²) < 4.78 is 16.3. The van der Waals surface area contributed by atoms with Gasteiger partial charge in [0, 0.05) is 11.6 Å². The number of carbonyl (C=O) groups is 3. The van der Waals surface area contributed by atoms with Gasteiger partial charge in [-0.1, -0.05) is 0 Å². The monoisotopic (exact) mass is 373 g/mol. The smallest absolute Gasteiger partial charge is 0.323 e. The number of nitrogens with zero attached hydrogens (tertiary/aromatic N) is 1. The number of fused-ring (bicyclic) bond motifs is 1. The van der Waals surface area contributed by atoms with Gasteiger partial charge < -0.3 is 19.0 Å². The van der Waals surface area contributed by atoms with E-state index >= 15 is 0 Å². The summed E-state index contributed by atoms with van der Waals surface area (Å²) in [5.74, 6) is 0.306. The summed E-state index contributed by atoms with van der Waals surface area (Å²) in [5.41, 5.74) is 0.771. The third kappa shape index (κ3) is 2.93. The maximum absolute atomic E-state index is 12.1. The molecule has 1 aromatic heterocycles. The first-order chi connectivity index (χ1) is 12.5. The topological polar surface area (TPSA) is 106 Å². The van der Waals surface area contributed by atoms with Crippen LogP contribution in [0.1, 0.15) is 5.76 Å². The fraction of sp³-hybridized carbons (Fsp3) is 0.118. The fourth-order valence-electron chi connectivity index (χ4n) is 2.54. The van der Waals surface area contributed by atoms with Crippen molar-refractivity contribution in [3.05, 3.63) is 41.0 Å². The maximum Gasteiger partial charge on any atom is 0.323 e. The molecule has 2 aliphatic rings. The molecule has 26 heavy (non-hydrogen) atoms. The van der Waals surface area contributed by atoms with Crippen LogP contribution in [0.4, 0.5) is 4.79 Å². The van der Waals surface area contributed by atoms with Crippen molar-refractivity contribution in [2.24, 2.45) is 0 Å². The molecule has 2 amide bonds. The number of thioether (sulfide) groups is 1. The first-order valence-electron chi connectivity index (χ1n) is 7.48. The average molecular weight is 373 g/mol. The Morgan fingerprint density at radius 1 is 1.19 bits per heavy atom. The molecule has 9 heteroatoms. The van der Waals surface area contributed by atoms with Crippen LogP contribution in [0.3, 0.4) is 0 Å². The minimum absolute atomic E-state index is 0.114. The van der Waals surface area contributed by atoms with Gasteiger partial charge in [0.15, 0.2) is 11.5 Å². The van der Waals surface area contributed by atoms with Crippen LogP contribution in [0.25, 0.3) is 17.4 Å². The second-order valence-corrected chi connectivity index (χ2v) is 6.42. The Morgan fingerprint density at radius 3 is 2.81 bits per heavy atom. The Labute approximate surface area is 151 Å². The van der Waals surface area contributed by atoms with Crippen LogP contribution in [0.2, 0.25) is 0 Å². The van der Waals surface area contributed by atoms with Gasteiger partial charge in [0.1, 0.15) is 18.1 Å². The van der Waals surface area contributed by atoms with Crippen molar-refractivity contribution in [1.29, 1.82) is 0 Å². The van der Waals surface area contributed by atoms with Crippen molar-refractivity contribution in [2.75, 3.05) is 13.3 Å². The number of furan rings is 1. The molecule has 0 radical (unpaired) electrons. The molecule has 0 spiro atoms. The molecule has 0 aliphatic carbocycles. The largest absolute Gasteiger partial charge is 0.480 e. The van der Waals surface area contributed by atoms with Gasteiger partial charge in [-0.05, 0) is 42.1 Å². The maximum atomic E-state index is 12.1. The van der Waals surface area contributed by atoms with Gasteiger partial charge in [-0.2, -0.15) is 0 Å². The number of hydrogen-bond acceptors (Lipinski definition) is 7. The molecule has 0 atom stereocenters. The number of benzene rings is 1. The predicted molar refractivity (Wildman–Crippen MR) is 90.6 cm³/mol. The lowest BCUT2D eigenvalue weighted by Gasteiger charge is -2.07. The lowest BCUT2D eigenvalue weighted by molar-refractivity contribution is -0.140. The summed E-state index contributed by atoms with van der Waals surface area (Å²) in [6, 6.07) is 8.76. The lowest BCUT2D eigenvalue weighted by Crippen LogP contribution is -2.33.